The molecule has 0 radical (unpaired) electrons. The van der Waals surface area contributed by atoms with Crippen molar-refractivity contribution in [3.05, 3.63) is 0 Å². The zero-order valence-corrected chi connectivity index (χ0v) is 8.18. The zero-order chi connectivity index (χ0) is 8.20. The van der Waals surface area contributed by atoms with E-state index >= 15 is 0 Å². The molecular formula is C7H13ClOS. The summed E-state index contributed by atoms with van der Waals surface area (Å²) >= 11 is 7.09. The standard InChI is InChI=1S/C7H13ClOS/c1-6(9)7(2,3)10-5-4-8/h4-5H2,1-3H3. The Kier molecular flexibility index (Phi) is 4.37. The van der Waals surface area contributed by atoms with Crippen LogP contribution in [-0.2, 0) is 4.79 Å². The molecule has 0 bridgehead atoms. The first-order chi connectivity index (χ1) is 4.50. The van der Waals surface area contributed by atoms with Crippen molar-refractivity contribution in [1.82, 2.24) is 0 Å². The fourth-order valence-electron chi connectivity index (χ4n) is 0.395. The van der Waals surface area contributed by atoms with Gasteiger partial charge in [-0.05, 0) is 20.8 Å². The molecule has 0 saturated heterocycles. The van der Waals surface area contributed by atoms with Gasteiger partial charge in [-0.3, -0.25) is 4.79 Å². The van der Waals surface area contributed by atoms with Gasteiger partial charge in [-0.25, -0.2) is 0 Å². The van der Waals surface area contributed by atoms with Gasteiger partial charge in [0.25, 0.3) is 0 Å². The summed E-state index contributed by atoms with van der Waals surface area (Å²) in [7, 11) is 0. The highest BCUT2D eigenvalue weighted by atomic mass is 35.5. The van der Waals surface area contributed by atoms with Crippen LogP contribution in [0.15, 0.2) is 0 Å². The van der Waals surface area contributed by atoms with Crippen LogP contribution in [0.5, 0.6) is 0 Å². The van der Waals surface area contributed by atoms with Crippen LogP contribution in [0.3, 0.4) is 0 Å². The van der Waals surface area contributed by atoms with E-state index in [0.29, 0.717) is 5.88 Å². The van der Waals surface area contributed by atoms with Crippen molar-refractivity contribution in [1.29, 1.82) is 0 Å². The third-order valence-electron chi connectivity index (χ3n) is 1.39. The van der Waals surface area contributed by atoms with Crippen molar-refractivity contribution < 1.29 is 4.79 Å². The van der Waals surface area contributed by atoms with Crippen molar-refractivity contribution >= 4 is 29.1 Å². The lowest BCUT2D eigenvalue weighted by molar-refractivity contribution is -0.118. The van der Waals surface area contributed by atoms with Crippen molar-refractivity contribution in [3.63, 3.8) is 0 Å². The summed E-state index contributed by atoms with van der Waals surface area (Å²) in [6, 6.07) is 0. The van der Waals surface area contributed by atoms with E-state index in [1.165, 1.54) is 0 Å². The normalized spacial score (nSPS) is 11.6. The predicted molar refractivity (Wildman–Crippen MR) is 47.9 cm³/mol. The van der Waals surface area contributed by atoms with Crippen LogP contribution < -0.4 is 0 Å². The second kappa shape index (κ2) is 4.24. The average Bonchev–Trinajstić information content (AvgIpc) is 1.84. The minimum Gasteiger partial charge on any atom is -0.298 e. The van der Waals surface area contributed by atoms with E-state index in [0.717, 1.165) is 5.75 Å². The Bertz CT molecular complexity index is 123. The van der Waals surface area contributed by atoms with Crippen LogP contribution in [0, 0.1) is 0 Å². The Morgan fingerprint density at radius 1 is 1.60 bits per heavy atom. The third kappa shape index (κ3) is 3.47. The molecule has 3 heteroatoms. The Labute approximate surface area is 71.5 Å². The van der Waals surface area contributed by atoms with Crippen molar-refractivity contribution in [2.24, 2.45) is 0 Å². The maximum Gasteiger partial charge on any atom is 0.145 e. The second-order valence-corrected chi connectivity index (χ2v) is 4.70. The average molecular weight is 181 g/mol. The number of hydrogen-bond acceptors (Lipinski definition) is 2. The van der Waals surface area contributed by atoms with Crippen LogP contribution in [-0.4, -0.2) is 22.2 Å². The Morgan fingerprint density at radius 3 is 2.40 bits per heavy atom. The van der Waals surface area contributed by atoms with E-state index in [4.69, 9.17) is 11.6 Å². The lowest BCUT2D eigenvalue weighted by atomic mass is 10.1. The number of hydrogen-bond donors (Lipinski definition) is 0. The predicted octanol–water partition coefficient (Wildman–Crippen LogP) is 2.33. The van der Waals surface area contributed by atoms with Gasteiger partial charge < -0.3 is 0 Å². The molecule has 0 aliphatic rings. The zero-order valence-electron chi connectivity index (χ0n) is 6.61. The van der Waals surface area contributed by atoms with Crippen molar-refractivity contribution in [2.45, 2.75) is 25.5 Å². The number of halogens is 1. The van der Waals surface area contributed by atoms with Gasteiger partial charge in [0.15, 0.2) is 0 Å². The maximum absolute atomic E-state index is 10.9. The van der Waals surface area contributed by atoms with Gasteiger partial charge in [0.2, 0.25) is 0 Å². The van der Waals surface area contributed by atoms with Crippen LogP contribution in [0.1, 0.15) is 20.8 Å². The lowest BCUT2D eigenvalue weighted by Gasteiger charge is -2.19. The smallest absolute Gasteiger partial charge is 0.145 e. The van der Waals surface area contributed by atoms with Gasteiger partial charge >= 0.3 is 0 Å². The highest BCUT2D eigenvalue weighted by Crippen LogP contribution is 2.24. The van der Waals surface area contributed by atoms with E-state index in [1.807, 2.05) is 13.8 Å². The molecule has 0 aliphatic heterocycles. The first-order valence-electron chi connectivity index (χ1n) is 3.21. The molecule has 0 saturated carbocycles. The third-order valence-corrected chi connectivity index (χ3v) is 3.22. The second-order valence-electron chi connectivity index (χ2n) is 2.60. The summed E-state index contributed by atoms with van der Waals surface area (Å²) in [6.45, 7) is 5.46. The van der Waals surface area contributed by atoms with Crippen molar-refractivity contribution in [2.75, 3.05) is 11.6 Å². The number of rotatable bonds is 4. The maximum atomic E-state index is 10.9. The first kappa shape index (κ1) is 10.3. The number of Topliss-reactive ketones (excluding diaryl/α,β-unsaturated/α-hetero) is 1. The fourth-order valence-corrected chi connectivity index (χ4v) is 1.42. The van der Waals surface area contributed by atoms with Gasteiger partial charge in [-0.1, -0.05) is 0 Å². The van der Waals surface area contributed by atoms with E-state index in [9.17, 15) is 4.79 Å². The number of thioether (sulfide) groups is 1. The quantitative estimate of drug-likeness (QED) is 0.618. The molecule has 0 amide bonds. The van der Waals surface area contributed by atoms with Crippen molar-refractivity contribution in [3.8, 4) is 0 Å². The number of carbonyl (C=O) groups is 1. The summed E-state index contributed by atoms with van der Waals surface area (Å²) in [6.07, 6.45) is 0. The minimum absolute atomic E-state index is 0.211. The van der Waals surface area contributed by atoms with E-state index in [2.05, 4.69) is 0 Å². The van der Waals surface area contributed by atoms with E-state index in [-0.39, 0.29) is 10.5 Å². The monoisotopic (exact) mass is 180 g/mol. The molecule has 60 valence electrons. The Balaban J connectivity index is 3.75. The summed E-state index contributed by atoms with van der Waals surface area (Å²) < 4.78 is -0.255. The van der Waals surface area contributed by atoms with Crippen LogP contribution in [0.4, 0.5) is 0 Å². The topological polar surface area (TPSA) is 17.1 Å². The summed E-state index contributed by atoms with van der Waals surface area (Å²) in [5, 5.41) is 0. The summed E-state index contributed by atoms with van der Waals surface area (Å²) in [5.41, 5.74) is 0. The molecule has 0 aromatic heterocycles. The summed E-state index contributed by atoms with van der Waals surface area (Å²) in [4.78, 5) is 10.9. The molecule has 0 heterocycles. The highest BCUT2D eigenvalue weighted by molar-refractivity contribution is 8.01. The molecule has 0 fully saturated rings. The number of carbonyl (C=O) groups excluding carboxylic acids is 1. The minimum atomic E-state index is -0.255. The van der Waals surface area contributed by atoms with Gasteiger partial charge in [0, 0.05) is 11.6 Å². The molecule has 0 aliphatic carbocycles. The summed E-state index contributed by atoms with van der Waals surface area (Å²) in [5.74, 6) is 1.66. The fraction of sp³-hybridized carbons (Fsp3) is 0.857. The molecule has 1 nitrogen and oxygen atoms in total. The van der Waals surface area contributed by atoms with Gasteiger partial charge in [-0.15, -0.1) is 23.4 Å². The number of alkyl halides is 1. The molecule has 10 heavy (non-hydrogen) atoms. The number of ketones is 1. The molecule has 0 aromatic carbocycles. The van der Waals surface area contributed by atoms with Crippen LogP contribution in [0.25, 0.3) is 0 Å². The molecule has 0 spiro atoms. The Hall–Kier alpha value is 0.310. The Morgan fingerprint density at radius 2 is 2.10 bits per heavy atom. The van der Waals surface area contributed by atoms with Crippen LogP contribution >= 0.6 is 23.4 Å². The SMILES string of the molecule is CC(=O)C(C)(C)SCCCl. The molecular weight excluding hydrogens is 168 g/mol. The molecule has 0 N–H and O–H groups in total. The van der Waals surface area contributed by atoms with E-state index < -0.39 is 0 Å². The molecule has 0 atom stereocenters. The largest absolute Gasteiger partial charge is 0.298 e. The highest BCUT2D eigenvalue weighted by Gasteiger charge is 2.22. The van der Waals surface area contributed by atoms with Gasteiger partial charge in [0.05, 0.1) is 4.75 Å². The molecule has 0 unspecified atom stereocenters. The van der Waals surface area contributed by atoms with Gasteiger partial charge in [0.1, 0.15) is 5.78 Å². The van der Waals surface area contributed by atoms with Gasteiger partial charge in [-0.2, -0.15) is 0 Å². The van der Waals surface area contributed by atoms with E-state index in [1.54, 1.807) is 18.7 Å². The lowest BCUT2D eigenvalue weighted by Crippen LogP contribution is -2.25. The first-order valence-corrected chi connectivity index (χ1v) is 4.73. The van der Waals surface area contributed by atoms with Crippen LogP contribution in [0.2, 0.25) is 0 Å². The molecule has 0 aromatic rings. The molecule has 0 rings (SSSR count).